The number of ether oxygens (including phenoxy) is 2. The molecular weight excluding hydrogens is 267 g/mol. The third-order valence-electron chi connectivity index (χ3n) is 4.57. The smallest absolute Gasteiger partial charge is 0.488 e. The first-order chi connectivity index (χ1) is 9.87. The van der Waals surface area contributed by atoms with Crippen molar-refractivity contribution in [3.63, 3.8) is 0 Å². The van der Waals surface area contributed by atoms with E-state index in [9.17, 15) is 0 Å². The fourth-order valence-electron chi connectivity index (χ4n) is 2.51. The second kappa shape index (κ2) is 5.31. The maximum absolute atomic E-state index is 6.07. The quantitative estimate of drug-likeness (QED) is 0.799. The molecule has 1 aromatic carbocycles. The average molecular weight is 290 g/mol. The lowest BCUT2D eigenvalue weighted by atomic mass is 9.79. The zero-order valence-electron chi connectivity index (χ0n) is 13.2. The van der Waals surface area contributed by atoms with Crippen LogP contribution in [-0.2, 0) is 14.0 Å². The molecule has 3 rings (SSSR count). The van der Waals surface area contributed by atoms with Gasteiger partial charge in [0.2, 0.25) is 0 Å². The number of hydrogen-bond acceptors (Lipinski definition) is 4. The van der Waals surface area contributed by atoms with Crippen LogP contribution in [0.25, 0.3) is 0 Å². The minimum absolute atomic E-state index is 0.151. The van der Waals surface area contributed by atoms with Gasteiger partial charge in [-0.2, -0.15) is 0 Å². The first-order valence-electron chi connectivity index (χ1n) is 7.57. The van der Waals surface area contributed by atoms with E-state index in [0.29, 0.717) is 6.61 Å². The van der Waals surface area contributed by atoms with E-state index in [2.05, 4.69) is 27.7 Å². The van der Waals surface area contributed by atoms with Crippen LogP contribution in [0, 0.1) is 0 Å². The largest absolute Gasteiger partial charge is 0.494 e. The highest BCUT2D eigenvalue weighted by Crippen LogP contribution is 2.36. The van der Waals surface area contributed by atoms with E-state index in [0.717, 1.165) is 24.2 Å². The molecule has 0 N–H and O–H groups in total. The van der Waals surface area contributed by atoms with Gasteiger partial charge in [0, 0.05) is 6.42 Å². The van der Waals surface area contributed by atoms with Crippen LogP contribution >= 0.6 is 0 Å². The Morgan fingerprint density at radius 2 is 1.86 bits per heavy atom. The van der Waals surface area contributed by atoms with Gasteiger partial charge in [-0.15, -0.1) is 0 Å². The van der Waals surface area contributed by atoms with Gasteiger partial charge in [-0.1, -0.05) is 12.1 Å². The summed E-state index contributed by atoms with van der Waals surface area (Å²) in [6.07, 6.45) is 1.10. The Kier molecular flexibility index (Phi) is 3.76. The first kappa shape index (κ1) is 14.9. The molecule has 1 atom stereocenters. The molecule has 0 saturated carbocycles. The second-order valence-electron chi connectivity index (χ2n) is 6.76. The molecule has 21 heavy (non-hydrogen) atoms. The Morgan fingerprint density at radius 1 is 1.14 bits per heavy atom. The molecular formula is C16H23BO4. The minimum atomic E-state index is -0.349. The molecule has 0 aromatic heterocycles. The molecule has 4 nitrogen and oxygen atoms in total. The summed E-state index contributed by atoms with van der Waals surface area (Å²) in [6.45, 7) is 9.68. The molecule has 2 saturated heterocycles. The van der Waals surface area contributed by atoms with Crippen LogP contribution in [0.1, 0.15) is 34.1 Å². The third kappa shape index (κ3) is 2.96. The van der Waals surface area contributed by atoms with E-state index >= 15 is 0 Å². The monoisotopic (exact) mass is 290 g/mol. The van der Waals surface area contributed by atoms with Gasteiger partial charge in [0.05, 0.1) is 24.4 Å². The van der Waals surface area contributed by atoms with Crippen molar-refractivity contribution >= 4 is 12.6 Å². The van der Waals surface area contributed by atoms with E-state index in [4.69, 9.17) is 18.8 Å². The zero-order chi connectivity index (χ0) is 15.1. The molecule has 5 heteroatoms. The molecule has 0 spiro atoms. The van der Waals surface area contributed by atoms with Gasteiger partial charge in [-0.3, -0.25) is 0 Å². The second-order valence-corrected chi connectivity index (χ2v) is 6.76. The van der Waals surface area contributed by atoms with Crippen LogP contribution in [0.4, 0.5) is 0 Å². The van der Waals surface area contributed by atoms with Crippen molar-refractivity contribution in [2.24, 2.45) is 0 Å². The Labute approximate surface area is 126 Å². The van der Waals surface area contributed by atoms with E-state index in [-0.39, 0.29) is 24.4 Å². The van der Waals surface area contributed by atoms with Crippen molar-refractivity contribution in [1.29, 1.82) is 0 Å². The Bertz CT molecular complexity index is 493. The highest BCUT2D eigenvalue weighted by molar-refractivity contribution is 6.62. The molecule has 2 aliphatic rings. The summed E-state index contributed by atoms with van der Waals surface area (Å²) in [4.78, 5) is 0. The predicted octanol–water partition coefficient (Wildman–Crippen LogP) is 2.15. The van der Waals surface area contributed by atoms with Crippen LogP contribution in [0.5, 0.6) is 5.75 Å². The standard InChI is InChI=1S/C16H23BO4/c1-15(2)16(3,4)21-17(20-15)12-6-5-7-13(10-12)19-14-8-9-18-11-14/h5-7,10,14H,8-9,11H2,1-4H3/t14-/m1/s1. The van der Waals surface area contributed by atoms with Gasteiger partial charge >= 0.3 is 7.12 Å². The summed E-state index contributed by atoms with van der Waals surface area (Å²) >= 11 is 0. The lowest BCUT2D eigenvalue weighted by Gasteiger charge is -2.32. The predicted molar refractivity (Wildman–Crippen MR) is 82.0 cm³/mol. The molecule has 2 fully saturated rings. The molecule has 114 valence electrons. The van der Waals surface area contributed by atoms with Crippen molar-refractivity contribution < 1.29 is 18.8 Å². The van der Waals surface area contributed by atoms with E-state index in [1.165, 1.54) is 0 Å². The summed E-state index contributed by atoms with van der Waals surface area (Å²) < 4.78 is 23.4. The lowest BCUT2D eigenvalue weighted by Crippen LogP contribution is -2.41. The van der Waals surface area contributed by atoms with Crippen LogP contribution in [-0.4, -0.2) is 37.6 Å². The van der Waals surface area contributed by atoms with Crippen LogP contribution in [0.15, 0.2) is 24.3 Å². The SMILES string of the molecule is CC1(C)OB(c2cccc(O[C@@H]3CCOC3)c2)OC1(C)C. The van der Waals surface area contributed by atoms with Gasteiger partial charge in [-0.25, -0.2) is 0 Å². The molecule has 0 amide bonds. The molecule has 0 bridgehead atoms. The minimum Gasteiger partial charge on any atom is -0.488 e. The van der Waals surface area contributed by atoms with Crippen molar-refractivity contribution in [3.8, 4) is 5.75 Å². The Morgan fingerprint density at radius 3 is 2.48 bits per heavy atom. The molecule has 0 unspecified atom stereocenters. The fraction of sp³-hybridized carbons (Fsp3) is 0.625. The topological polar surface area (TPSA) is 36.9 Å². The molecule has 1 aromatic rings. The molecule has 0 aliphatic carbocycles. The molecule has 2 aliphatic heterocycles. The average Bonchev–Trinajstić information content (AvgIpc) is 2.97. The van der Waals surface area contributed by atoms with E-state index in [1.807, 2.05) is 24.3 Å². The number of rotatable bonds is 3. The molecule has 2 heterocycles. The van der Waals surface area contributed by atoms with Crippen LogP contribution < -0.4 is 10.2 Å². The summed E-state index contributed by atoms with van der Waals surface area (Å²) in [6, 6.07) is 7.96. The summed E-state index contributed by atoms with van der Waals surface area (Å²) in [5.74, 6) is 0.845. The van der Waals surface area contributed by atoms with Crippen molar-refractivity contribution in [3.05, 3.63) is 24.3 Å². The summed E-state index contributed by atoms with van der Waals surface area (Å²) in [7, 11) is -0.349. The van der Waals surface area contributed by atoms with Crippen molar-refractivity contribution in [2.75, 3.05) is 13.2 Å². The number of benzene rings is 1. The number of hydrogen-bond donors (Lipinski definition) is 0. The van der Waals surface area contributed by atoms with E-state index in [1.54, 1.807) is 0 Å². The Balaban J connectivity index is 1.74. The summed E-state index contributed by atoms with van der Waals surface area (Å²) in [5, 5.41) is 0. The first-order valence-corrected chi connectivity index (χ1v) is 7.57. The normalized spacial score (nSPS) is 27.0. The molecule has 0 radical (unpaired) electrons. The highest BCUT2D eigenvalue weighted by atomic mass is 16.7. The van der Waals surface area contributed by atoms with Crippen LogP contribution in [0.3, 0.4) is 0 Å². The van der Waals surface area contributed by atoms with Crippen molar-refractivity contribution in [2.45, 2.75) is 51.4 Å². The third-order valence-corrected chi connectivity index (χ3v) is 4.57. The van der Waals surface area contributed by atoms with Gasteiger partial charge in [0.25, 0.3) is 0 Å². The van der Waals surface area contributed by atoms with Gasteiger partial charge in [0.1, 0.15) is 11.9 Å². The zero-order valence-corrected chi connectivity index (χ0v) is 13.2. The van der Waals surface area contributed by atoms with Crippen LogP contribution in [0.2, 0.25) is 0 Å². The maximum atomic E-state index is 6.07. The summed E-state index contributed by atoms with van der Waals surface area (Å²) in [5.41, 5.74) is 0.340. The highest BCUT2D eigenvalue weighted by Gasteiger charge is 2.51. The fourth-order valence-corrected chi connectivity index (χ4v) is 2.51. The van der Waals surface area contributed by atoms with Gasteiger partial charge in [0.15, 0.2) is 0 Å². The maximum Gasteiger partial charge on any atom is 0.494 e. The van der Waals surface area contributed by atoms with Gasteiger partial charge < -0.3 is 18.8 Å². The van der Waals surface area contributed by atoms with E-state index < -0.39 is 0 Å². The Hall–Kier alpha value is -1.04. The van der Waals surface area contributed by atoms with Crippen molar-refractivity contribution in [1.82, 2.24) is 0 Å². The van der Waals surface area contributed by atoms with Gasteiger partial charge in [-0.05, 0) is 45.3 Å². The lowest BCUT2D eigenvalue weighted by molar-refractivity contribution is 0.00578.